The largest absolute Gasteiger partial charge is 0.507 e. The van der Waals surface area contributed by atoms with Crippen molar-refractivity contribution < 1.29 is 28.9 Å². The third kappa shape index (κ3) is 5.51. The van der Waals surface area contributed by atoms with Crippen LogP contribution >= 0.6 is 11.6 Å². The number of likely N-dealkylation sites (tertiary alicyclic amines) is 1. The minimum Gasteiger partial charge on any atom is -0.507 e. The molecule has 2 aromatic carbocycles. The van der Waals surface area contributed by atoms with Crippen LogP contribution in [-0.4, -0.2) is 79.7 Å². The fraction of sp³-hybridized carbons (Fsp3) is 0.407. The number of Topliss-reactive ketones (excluding diaryl/α,β-unsaturated/α-hetero) is 1. The summed E-state index contributed by atoms with van der Waals surface area (Å²) < 4.78 is 16.2. The van der Waals surface area contributed by atoms with E-state index in [-0.39, 0.29) is 11.3 Å². The summed E-state index contributed by atoms with van der Waals surface area (Å²) in [7, 11) is 1.50. The average Bonchev–Trinajstić information content (AvgIpc) is 3.14. The number of hydrogen-bond donors (Lipinski definition) is 1. The smallest absolute Gasteiger partial charge is 0.295 e. The Morgan fingerprint density at radius 2 is 1.83 bits per heavy atom. The zero-order chi connectivity index (χ0) is 25.7. The molecule has 192 valence electrons. The van der Waals surface area contributed by atoms with E-state index in [1.165, 1.54) is 13.2 Å². The Labute approximate surface area is 216 Å². The van der Waals surface area contributed by atoms with E-state index in [2.05, 4.69) is 4.90 Å². The molecule has 1 amide bonds. The average molecular weight is 515 g/mol. The Bertz CT molecular complexity index is 1130. The molecule has 8 nitrogen and oxygen atoms in total. The van der Waals surface area contributed by atoms with E-state index in [0.29, 0.717) is 60.4 Å². The highest BCUT2D eigenvalue weighted by Gasteiger charge is 2.45. The van der Waals surface area contributed by atoms with Gasteiger partial charge in [0.05, 0.1) is 43.6 Å². The van der Waals surface area contributed by atoms with Crippen molar-refractivity contribution in [1.29, 1.82) is 0 Å². The lowest BCUT2D eigenvalue weighted by Gasteiger charge is -2.29. The highest BCUT2D eigenvalue weighted by Crippen LogP contribution is 2.40. The summed E-state index contributed by atoms with van der Waals surface area (Å²) in [4.78, 5) is 30.3. The van der Waals surface area contributed by atoms with Crippen molar-refractivity contribution in [2.24, 2.45) is 0 Å². The number of aliphatic hydroxyl groups excluding tert-OH is 1. The van der Waals surface area contributed by atoms with Gasteiger partial charge in [0.25, 0.3) is 11.7 Å². The molecule has 9 heteroatoms. The lowest BCUT2D eigenvalue weighted by atomic mass is 9.95. The summed E-state index contributed by atoms with van der Waals surface area (Å²) in [5.41, 5.74) is 1.09. The quantitative estimate of drug-likeness (QED) is 0.308. The molecule has 0 saturated carbocycles. The van der Waals surface area contributed by atoms with E-state index in [1.807, 2.05) is 19.1 Å². The first kappa shape index (κ1) is 26.0. The van der Waals surface area contributed by atoms with Crippen LogP contribution in [-0.2, 0) is 14.3 Å². The number of benzene rings is 2. The number of ether oxygens (including phenoxy) is 3. The van der Waals surface area contributed by atoms with Crippen LogP contribution in [0.5, 0.6) is 11.5 Å². The SMILES string of the molecule is CCOc1ccc([C@@H]2C(=C(O)c3ccc(OC)c(Cl)c3)C(=O)C(=O)N2CCCN2CCOCC2)cc1. The number of carbonyl (C=O) groups is 2. The number of rotatable bonds is 9. The van der Waals surface area contributed by atoms with E-state index < -0.39 is 17.7 Å². The van der Waals surface area contributed by atoms with Gasteiger partial charge < -0.3 is 24.2 Å². The number of hydrogen-bond acceptors (Lipinski definition) is 7. The Morgan fingerprint density at radius 1 is 1.11 bits per heavy atom. The van der Waals surface area contributed by atoms with Crippen LogP contribution in [0.3, 0.4) is 0 Å². The molecule has 0 radical (unpaired) electrons. The number of methoxy groups -OCH3 is 1. The fourth-order valence-corrected chi connectivity index (χ4v) is 4.89. The summed E-state index contributed by atoms with van der Waals surface area (Å²) >= 11 is 6.27. The van der Waals surface area contributed by atoms with Gasteiger partial charge in [-0.1, -0.05) is 23.7 Å². The molecule has 2 aromatic rings. The number of amides is 1. The minimum absolute atomic E-state index is 0.0387. The van der Waals surface area contributed by atoms with E-state index in [0.717, 1.165) is 19.6 Å². The van der Waals surface area contributed by atoms with Crippen LogP contribution in [0.25, 0.3) is 5.76 Å². The first-order chi connectivity index (χ1) is 17.4. The van der Waals surface area contributed by atoms with Crippen molar-refractivity contribution in [3.05, 3.63) is 64.2 Å². The Hall–Kier alpha value is -3.07. The molecule has 0 spiro atoms. The molecular formula is C27H31ClN2O6. The maximum atomic E-state index is 13.2. The molecule has 36 heavy (non-hydrogen) atoms. The van der Waals surface area contributed by atoms with Gasteiger partial charge in [-0.3, -0.25) is 14.5 Å². The lowest BCUT2D eigenvalue weighted by molar-refractivity contribution is -0.140. The number of carbonyl (C=O) groups excluding carboxylic acids is 2. The molecule has 4 rings (SSSR count). The van der Waals surface area contributed by atoms with Crippen LogP contribution in [0.4, 0.5) is 0 Å². The van der Waals surface area contributed by atoms with Gasteiger partial charge in [0, 0.05) is 31.7 Å². The number of morpholine rings is 1. The van der Waals surface area contributed by atoms with Gasteiger partial charge in [-0.15, -0.1) is 0 Å². The van der Waals surface area contributed by atoms with Gasteiger partial charge in [0.1, 0.15) is 17.3 Å². The lowest BCUT2D eigenvalue weighted by Crippen LogP contribution is -2.38. The summed E-state index contributed by atoms with van der Waals surface area (Å²) in [5, 5.41) is 11.5. The first-order valence-corrected chi connectivity index (χ1v) is 12.5. The molecule has 2 heterocycles. The van der Waals surface area contributed by atoms with Crippen molar-refractivity contribution in [1.82, 2.24) is 9.80 Å². The van der Waals surface area contributed by atoms with Gasteiger partial charge >= 0.3 is 0 Å². The molecular weight excluding hydrogens is 484 g/mol. The van der Waals surface area contributed by atoms with Gasteiger partial charge in [0.15, 0.2) is 0 Å². The minimum atomic E-state index is -0.730. The monoisotopic (exact) mass is 514 g/mol. The topological polar surface area (TPSA) is 88.5 Å². The van der Waals surface area contributed by atoms with Crippen molar-refractivity contribution >= 4 is 29.1 Å². The number of halogens is 1. The zero-order valence-electron chi connectivity index (χ0n) is 20.5. The summed E-state index contributed by atoms with van der Waals surface area (Å²) in [5.74, 6) is -0.485. The predicted octanol–water partition coefficient (Wildman–Crippen LogP) is 3.89. The standard InChI is InChI=1S/C27H31ClN2O6/c1-3-36-20-8-5-18(6-9-20)24-23(25(31)19-7-10-22(34-2)21(28)17-19)26(32)27(33)30(24)12-4-11-29-13-15-35-16-14-29/h5-10,17,24,31H,3-4,11-16H2,1-2H3/t24-/m1/s1. The van der Waals surface area contributed by atoms with Gasteiger partial charge in [0.2, 0.25) is 0 Å². The molecule has 0 aromatic heterocycles. The number of ketones is 1. The van der Waals surface area contributed by atoms with Crippen LogP contribution in [0.2, 0.25) is 5.02 Å². The summed E-state index contributed by atoms with van der Waals surface area (Å²) in [6, 6.07) is 11.3. The molecule has 2 aliphatic heterocycles. The van der Waals surface area contributed by atoms with Crippen LogP contribution in [0.1, 0.15) is 30.5 Å². The molecule has 1 atom stereocenters. The van der Waals surface area contributed by atoms with E-state index in [4.69, 9.17) is 25.8 Å². The molecule has 0 bridgehead atoms. The second-order valence-electron chi connectivity index (χ2n) is 8.65. The molecule has 2 fully saturated rings. The summed E-state index contributed by atoms with van der Waals surface area (Å²) in [6.07, 6.45) is 0.689. The number of nitrogens with zero attached hydrogens (tertiary/aromatic N) is 2. The number of aliphatic hydroxyl groups is 1. The maximum absolute atomic E-state index is 13.2. The Kier molecular flexibility index (Phi) is 8.51. The van der Waals surface area contributed by atoms with Crippen molar-refractivity contribution in [3.8, 4) is 11.5 Å². The van der Waals surface area contributed by atoms with Gasteiger partial charge in [-0.2, -0.15) is 0 Å². The second-order valence-corrected chi connectivity index (χ2v) is 9.06. The molecule has 1 N–H and O–H groups in total. The van der Waals surface area contributed by atoms with Crippen molar-refractivity contribution in [2.75, 3.05) is 53.1 Å². The molecule has 2 aliphatic rings. The van der Waals surface area contributed by atoms with E-state index in [9.17, 15) is 14.7 Å². The van der Waals surface area contributed by atoms with Gasteiger partial charge in [-0.25, -0.2) is 0 Å². The molecule has 0 unspecified atom stereocenters. The van der Waals surface area contributed by atoms with Gasteiger partial charge in [-0.05, 0) is 49.2 Å². The fourth-order valence-electron chi connectivity index (χ4n) is 4.63. The first-order valence-electron chi connectivity index (χ1n) is 12.1. The highest BCUT2D eigenvalue weighted by atomic mass is 35.5. The maximum Gasteiger partial charge on any atom is 0.295 e. The molecule has 2 saturated heterocycles. The zero-order valence-corrected chi connectivity index (χ0v) is 21.3. The van der Waals surface area contributed by atoms with Crippen LogP contribution in [0, 0.1) is 0 Å². The van der Waals surface area contributed by atoms with E-state index in [1.54, 1.807) is 29.2 Å². The third-order valence-electron chi connectivity index (χ3n) is 6.45. The highest BCUT2D eigenvalue weighted by molar-refractivity contribution is 6.46. The molecule has 0 aliphatic carbocycles. The normalized spacial score (nSPS) is 20.1. The van der Waals surface area contributed by atoms with Crippen LogP contribution < -0.4 is 9.47 Å². The van der Waals surface area contributed by atoms with Crippen molar-refractivity contribution in [2.45, 2.75) is 19.4 Å². The Balaban J connectivity index is 1.68. The second kappa shape index (κ2) is 11.8. The van der Waals surface area contributed by atoms with E-state index >= 15 is 0 Å². The van der Waals surface area contributed by atoms with Crippen molar-refractivity contribution in [3.63, 3.8) is 0 Å². The summed E-state index contributed by atoms with van der Waals surface area (Å²) in [6.45, 7) is 6.67. The predicted molar refractivity (Wildman–Crippen MR) is 137 cm³/mol. The Morgan fingerprint density at radius 3 is 2.47 bits per heavy atom. The van der Waals surface area contributed by atoms with Crippen LogP contribution in [0.15, 0.2) is 48.0 Å². The third-order valence-corrected chi connectivity index (χ3v) is 6.74.